The Morgan fingerprint density at radius 1 is 1.06 bits per heavy atom. The molecule has 3 rings (SSSR count). The van der Waals surface area contributed by atoms with Crippen molar-refractivity contribution in [3.8, 4) is 17.6 Å². The number of rotatable bonds is 9. The fraction of sp³-hybridized carbons (Fsp3) is 0.148. The average Bonchev–Trinajstić information content (AvgIpc) is 2.83. The van der Waals surface area contributed by atoms with E-state index in [2.05, 4.69) is 26.6 Å². The monoisotopic (exact) mass is 567 g/mol. The first-order valence-electron chi connectivity index (χ1n) is 10.9. The van der Waals surface area contributed by atoms with Gasteiger partial charge >= 0.3 is 0 Å². The summed E-state index contributed by atoms with van der Waals surface area (Å²) >= 11 is 9.39. The number of hydrogen-bond donors (Lipinski definition) is 2. The second-order valence-corrected chi connectivity index (χ2v) is 8.89. The zero-order valence-electron chi connectivity index (χ0n) is 19.6. The molecule has 0 aliphatic rings. The third-order valence-corrected chi connectivity index (χ3v) is 5.60. The maximum Gasteiger partial charge on any atom is 0.266 e. The van der Waals surface area contributed by atoms with Crippen LogP contribution in [0.4, 0.5) is 11.4 Å². The molecule has 0 heterocycles. The number of benzene rings is 3. The lowest BCUT2D eigenvalue weighted by Gasteiger charge is -2.15. The quantitative estimate of drug-likeness (QED) is 0.231. The Kier molecular flexibility index (Phi) is 9.51. The molecule has 0 saturated heterocycles. The number of aryl methyl sites for hydroxylation is 1. The summed E-state index contributed by atoms with van der Waals surface area (Å²) in [6, 6.07) is 19.3. The van der Waals surface area contributed by atoms with Crippen LogP contribution in [0, 0.1) is 18.3 Å². The standard InChI is InChI=1S/C27H23BrClN3O4/c1-3-35-24-13-18(11-19(15-30)27(34)32-22-6-4-5-20(29)14-22)12-23(28)26(24)36-16-25(33)31-21-9-7-17(2)8-10-21/h4-14H,3,16H2,1-2H3,(H,31,33)(H,32,34)/b19-11+. The minimum atomic E-state index is -0.582. The number of nitrogens with one attached hydrogen (secondary N) is 2. The van der Waals surface area contributed by atoms with Crippen molar-refractivity contribution in [1.82, 2.24) is 0 Å². The Hall–Kier alpha value is -3.80. The first-order chi connectivity index (χ1) is 17.3. The van der Waals surface area contributed by atoms with Gasteiger partial charge in [-0.25, -0.2) is 0 Å². The molecule has 0 bridgehead atoms. The molecule has 0 spiro atoms. The van der Waals surface area contributed by atoms with E-state index in [9.17, 15) is 14.9 Å². The topological polar surface area (TPSA) is 100 Å². The highest BCUT2D eigenvalue weighted by atomic mass is 79.9. The normalized spacial score (nSPS) is 10.8. The fourth-order valence-corrected chi connectivity index (χ4v) is 3.89. The maximum atomic E-state index is 12.6. The van der Waals surface area contributed by atoms with Gasteiger partial charge in [-0.2, -0.15) is 5.26 Å². The molecule has 0 unspecified atom stereocenters. The first kappa shape index (κ1) is 26.8. The van der Waals surface area contributed by atoms with Gasteiger partial charge in [0.15, 0.2) is 18.1 Å². The highest BCUT2D eigenvalue weighted by Gasteiger charge is 2.16. The Labute approximate surface area is 222 Å². The van der Waals surface area contributed by atoms with Crippen molar-refractivity contribution in [1.29, 1.82) is 5.26 Å². The van der Waals surface area contributed by atoms with Crippen LogP contribution in [0.5, 0.6) is 11.5 Å². The Balaban J connectivity index is 1.76. The van der Waals surface area contributed by atoms with Crippen molar-refractivity contribution >= 4 is 56.8 Å². The van der Waals surface area contributed by atoms with Crippen LogP contribution in [0.2, 0.25) is 5.02 Å². The van der Waals surface area contributed by atoms with Crippen molar-refractivity contribution in [2.24, 2.45) is 0 Å². The van der Waals surface area contributed by atoms with Gasteiger partial charge in [0.1, 0.15) is 11.6 Å². The van der Waals surface area contributed by atoms with Gasteiger partial charge in [-0.1, -0.05) is 35.4 Å². The molecule has 0 aromatic heterocycles. The number of carbonyl (C=O) groups excluding carboxylic acids is 2. The van der Waals surface area contributed by atoms with Crippen molar-refractivity contribution in [2.75, 3.05) is 23.8 Å². The lowest BCUT2D eigenvalue weighted by molar-refractivity contribution is -0.118. The summed E-state index contributed by atoms with van der Waals surface area (Å²) in [6.45, 7) is 3.87. The summed E-state index contributed by atoms with van der Waals surface area (Å²) in [5.74, 6) is -0.229. The largest absolute Gasteiger partial charge is 0.490 e. The zero-order chi connectivity index (χ0) is 26.1. The molecule has 7 nitrogen and oxygen atoms in total. The van der Waals surface area contributed by atoms with Crippen LogP contribution in [-0.4, -0.2) is 25.0 Å². The second kappa shape index (κ2) is 12.8. The number of carbonyl (C=O) groups is 2. The van der Waals surface area contributed by atoms with Crippen molar-refractivity contribution in [3.63, 3.8) is 0 Å². The van der Waals surface area contributed by atoms with Crippen LogP contribution < -0.4 is 20.1 Å². The third-order valence-electron chi connectivity index (χ3n) is 4.77. The molecule has 2 N–H and O–H groups in total. The molecular formula is C27H23BrClN3O4. The third kappa shape index (κ3) is 7.60. The van der Waals surface area contributed by atoms with Crippen molar-refractivity contribution in [3.05, 3.63) is 86.9 Å². The number of nitriles is 1. The Morgan fingerprint density at radius 3 is 2.47 bits per heavy atom. The van der Waals surface area contributed by atoms with Gasteiger partial charge in [0.2, 0.25) is 0 Å². The molecule has 0 radical (unpaired) electrons. The fourth-order valence-electron chi connectivity index (χ4n) is 3.13. The van der Waals surface area contributed by atoms with E-state index in [0.717, 1.165) is 5.56 Å². The number of halogens is 2. The summed E-state index contributed by atoms with van der Waals surface area (Å²) in [5, 5.41) is 15.4. The van der Waals surface area contributed by atoms with Crippen LogP contribution in [0.1, 0.15) is 18.1 Å². The Morgan fingerprint density at radius 2 is 1.81 bits per heavy atom. The minimum absolute atomic E-state index is 0.115. The van der Waals surface area contributed by atoms with Crippen molar-refractivity contribution < 1.29 is 19.1 Å². The summed E-state index contributed by atoms with van der Waals surface area (Å²) in [5.41, 5.74) is 2.64. The Bertz CT molecular complexity index is 1330. The van der Waals surface area contributed by atoms with Gasteiger partial charge in [-0.3, -0.25) is 9.59 Å². The molecule has 0 aliphatic heterocycles. The van der Waals surface area contributed by atoms with E-state index in [0.29, 0.717) is 44.5 Å². The summed E-state index contributed by atoms with van der Waals surface area (Å²) < 4.78 is 11.9. The first-order valence-corrected chi connectivity index (χ1v) is 12.1. The number of hydrogen-bond acceptors (Lipinski definition) is 5. The van der Waals surface area contributed by atoms with E-state index in [1.807, 2.05) is 44.2 Å². The summed E-state index contributed by atoms with van der Waals surface area (Å²) in [4.78, 5) is 25.0. The highest BCUT2D eigenvalue weighted by Crippen LogP contribution is 2.37. The SMILES string of the molecule is CCOc1cc(/C=C(\C#N)C(=O)Nc2cccc(Cl)c2)cc(Br)c1OCC(=O)Nc1ccc(C)cc1. The van der Waals surface area contributed by atoms with Gasteiger partial charge in [0, 0.05) is 16.4 Å². The van der Waals surface area contributed by atoms with E-state index in [1.54, 1.807) is 36.4 Å². The van der Waals surface area contributed by atoms with Crippen LogP contribution in [0.3, 0.4) is 0 Å². The maximum absolute atomic E-state index is 12.6. The summed E-state index contributed by atoms with van der Waals surface area (Å²) in [7, 11) is 0. The van der Waals surface area contributed by atoms with Gasteiger partial charge in [-0.05, 0) is 83.9 Å². The minimum Gasteiger partial charge on any atom is -0.490 e. The number of anilines is 2. The number of nitrogens with zero attached hydrogens (tertiary/aromatic N) is 1. The van der Waals surface area contributed by atoms with Gasteiger partial charge in [0.25, 0.3) is 11.8 Å². The van der Waals surface area contributed by atoms with Crippen molar-refractivity contribution in [2.45, 2.75) is 13.8 Å². The average molecular weight is 569 g/mol. The lowest BCUT2D eigenvalue weighted by atomic mass is 10.1. The van der Waals surface area contributed by atoms with Crippen LogP contribution in [0.15, 0.2) is 70.7 Å². The summed E-state index contributed by atoms with van der Waals surface area (Å²) in [6.07, 6.45) is 1.43. The molecule has 3 aromatic rings. The lowest BCUT2D eigenvalue weighted by Crippen LogP contribution is -2.20. The molecule has 36 heavy (non-hydrogen) atoms. The predicted molar refractivity (Wildman–Crippen MR) is 144 cm³/mol. The number of amides is 2. The van der Waals surface area contributed by atoms with Crippen LogP contribution >= 0.6 is 27.5 Å². The van der Waals surface area contributed by atoms with Crippen LogP contribution in [-0.2, 0) is 9.59 Å². The van der Waals surface area contributed by atoms with E-state index in [-0.39, 0.29) is 18.1 Å². The molecule has 0 aliphatic carbocycles. The number of ether oxygens (including phenoxy) is 2. The van der Waals surface area contributed by atoms with E-state index in [4.69, 9.17) is 21.1 Å². The molecule has 2 amide bonds. The second-order valence-electron chi connectivity index (χ2n) is 7.60. The van der Waals surface area contributed by atoms with Gasteiger partial charge in [-0.15, -0.1) is 0 Å². The van der Waals surface area contributed by atoms with E-state index in [1.165, 1.54) is 6.08 Å². The van der Waals surface area contributed by atoms with E-state index >= 15 is 0 Å². The zero-order valence-corrected chi connectivity index (χ0v) is 21.9. The molecule has 3 aromatic carbocycles. The molecule has 184 valence electrons. The molecule has 0 fully saturated rings. The van der Waals surface area contributed by atoms with Gasteiger partial charge < -0.3 is 20.1 Å². The smallest absolute Gasteiger partial charge is 0.266 e. The predicted octanol–water partition coefficient (Wildman–Crippen LogP) is 6.37. The molecular weight excluding hydrogens is 546 g/mol. The molecule has 0 saturated carbocycles. The molecule has 0 atom stereocenters. The highest BCUT2D eigenvalue weighted by molar-refractivity contribution is 9.10. The van der Waals surface area contributed by atoms with Crippen LogP contribution in [0.25, 0.3) is 6.08 Å². The van der Waals surface area contributed by atoms with E-state index < -0.39 is 5.91 Å². The molecule has 9 heteroatoms. The van der Waals surface area contributed by atoms with Gasteiger partial charge in [0.05, 0.1) is 11.1 Å².